The van der Waals surface area contributed by atoms with E-state index in [-0.39, 0.29) is 5.43 Å². The third-order valence-electron chi connectivity index (χ3n) is 4.35. The Bertz CT molecular complexity index is 752. The van der Waals surface area contributed by atoms with Crippen LogP contribution in [0.3, 0.4) is 0 Å². The van der Waals surface area contributed by atoms with Gasteiger partial charge in [0.05, 0.1) is 5.52 Å². The second kappa shape index (κ2) is 4.37. The van der Waals surface area contributed by atoms with Crippen molar-refractivity contribution >= 4 is 16.6 Å². The second-order valence-electron chi connectivity index (χ2n) is 5.57. The average molecular weight is 264 g/mol. The molecule has 4 rings (SSSR count). The Morgan fingerprint density at radius 2 is 1.80 bits per heavy atom. The number of aromatic nitrogens is 1. The fourth-order valence-corrected chi connectivity index (χ4v) is 3.25. The lowest BCUT2D eigenvalue weighted by Crippen LogP contribution is -2.19. The zero-order valence-corrected chi connectivity index (χ0v) is 11.1. The zero-order valence-electron chi connectivity index (χ0n) is 11.1. The van der Waals surface area contributed by atoms with Gasteiger partial charge in [-0.05, 0) is 18.2 Å². The number of fused-ring (bicyclic) bond motifs is 2. The van der Waals surface area contributed by atoms with Crippen molar-refractivity contribution in [2.24, 2.45) is 11.8 Å². The summed E-state index contributed by atoms with van der Waals surface area (Å²) in [6, 6.07) is 7.64. The van der Waals surface area contributed by atoms with Crippen LogP contribution in [-0.2, 0) is 0 Å². The molecule has 0 spiro atoms. The molecule has 1 aliphatic carbocycles. The van der Waals surface area contributed by atoms with Gasteiger partial charge in [-0.3, -0.25) is 4.79 Å². The Hall–Kier alpha value is -2.29. The van der Waals surface area contributed by atoms with Crippen molar-refractivity contribution in [2.75, 3.05) is 18.0 Å². The summed E-state index contributed by atoms with van der Waals surface area (Å²) in [4.78, 5) is 17.3. The van der Waals surface area contributed by atoms with E-state index < -0.39 is 0 Å². The molecule has 1 aromatic carbocycles. The molecule has 1 aliphatic heterocycles. The SMILES string of the molecule is O=c1cc[nH]c2cc(N3CC4C=CC=CC4C3)ccc12. The highest BCUT2D eigenvalue weighted by Crippen LogP contribution is 2.32. The monoisotopic (exact) mass is 264 g/mol. The highest BCUT2D eigenvalue weighted by molar-refractivity contribution is 5.82. The van der Waals surface area contributed by atoms with Crippen LogP contribution in [0, 0.1) is 11.8 Å². The summed E-state index contributed by atoms with van der Waals surface area (Å²) in [5.41, 5.74) is 2.18. The number of nitrogens with one attached hydrogen (secondary N) is 1. The largest absolute Gasteiger partial charge is 0.370 e. The normalized spacial score (nSPS) is 24.3. The maximum absolute atomic E-state index is 11.8. The first-order valence-corrected chi connectivity index (χ1v) is 7.03. The van der Waals surface area contributed by atoms with Crippen LogP contribution >= 0.6 is 0 Å². The molecule has 2 aliphatic rings. The van der Waals surface area contributed by atoms with Crippen molar-refractivity contribution < 1.29 is 0 Å². The van der Waals surface area contributed by atoms with Crippen LogP contribution in [0.2, 0.25) is 0 Å². The standard InChI is InChI=1S/C17H16N2O/c20-17-7-8-18-16-9-14(5-6-15(16)17)19-10-12-3-1-2-4-13(12)11-19/h1-9,12-13H,10-11H2,(H,18,20). The lowest BCUT2D eigenvalue weighted by Gasteiger charge is -2.18. The summed E-state index contributed by atoms with van der Waals surface area (Å²) >= 11 is 0. The average Bonchev–Trinajstić information content (AvgIpc) is 2.91. The molecule has 0 bridgehead atoms. The fraction of sp³-hybridized carbons (Fsp3) is 0.235. The summed E-state index contributed by atoms with van der Waals surface area (Å²) in [7, 11) is 0. The highest BCUT2D eigenvalue weighted by Gasteiger charge is 2.30. The Morgan fingerprint density at radius 1 is 1.05 bits per heavy atom. The number of benzene rings is 1. The number of rotatable bonds is 1. The maximum atomic E-state index is 11.8. The van der Waals surface area contributed by atoms with Gasteiger partial charge in [-0.15, -0.1) is 0 Å². The number of allylic oxidation sites excluding steroid dienone is 2. The number of hydrogen-bond acceptors (Lipinski definition) is 2. The predicted molar refractivity (Wildman–Crippen MR) is 82.0 cm³/mol. The third kappa shape index (κ3) is 1.78. The predicted octanol–water partition coefficient (Wildman–Crippen LogP) is 2.71. The quantitative estimate of drug-likeness (QED) is 0.859. The number of H-pyrrole nitrogens is 1. The molecule has 0 amide bonds. The van der Waals surface area contributed by atoms with E-state index >= 15 is 0 Å². The van der Waals surface area contributed by atoms with Gasteiger partial charge in [0.25, 0.3) is 0 Å². The molecule has 0 radical (unpaired) electrons. The molecule has 2 unspecified atom stereocenters. The smallest absolute Gasteiger partial charge is 0.189 e. The molecule has 2 heterocycles. The summed E-state index contributed by atoms with van der Waals surface area (Å²) < 4.78 is 0. The number of aromatic amines is 1. The summed E-state index contributed by atoms with van der Waals surface area (Å²) in [5.74, 6) is 1.23. The Kier molecular flexibility index (Phi) is 2.52. The number of pyridine rings is 1. The minimum atomic E-state index is 0.0752. The van der Waals surface area contributed by atoms with Crippen molar-refractivity contribution in [1.29, 1.82) is 0 Å². The third-order valence-corrected chi connectivity index (χ3v) is 4.35. The molecular weight excluding hydrogens is 248 g/mol. The van der Waals surface area contributed by atoms with E-state index in [9.17, 15) is 4.79 Å². The van der Waals surface area contributed by atoms with Crippen molar-refractivity contribution in [3.63, 3.8) is 0 Å². The number of nitrogens with zero attached hydrogens (tertiary/aromatic N) is 1. The van der Waals surface area contributed by atoms with Gasteiger partial charge in [-0.2, -0.15) is 0 Å². The van der Waals surface area contributed by atoms with Gasteiger partial charge in [0.2, 0.25) is 0 Å². The van der Waals surface area contributed by atoms with Crippen LogP contribution in [0.25, 0.3) is 10.9 Å². The summed E-state index contributed by atoms with van der Waals surface area (Å²) in [6.45, 7) is 2.10. The van der Waals surface area contributed by atoms with Crippen molar-refractivity contribution in [1.82, 2.24) is 4.98 Å². The molecule has 100 valence electrons. The van der Waals surface area contributed by atoms with E-state index in [0.29, 0.717) is 11.8 Å². The lowest BCUT2D eigenvalue weighted by molar-refractivity contribution is 0.595. The first kappa shape index (κ1) is 11.5. The highest BCUT2D eigenvalue weighted by atomic mass is 16.1. The molecule has 2 atom stereocenters. The van der Waals surface area contributed by atoms with E-state index in [1.807, 2.05) is 6.07 Å². The Balaban J connectivity index is 1.71. The molecule has 1 N–H and O–H groups in total. The van der Waals surface area contributed by atoms with Gasteiger partial charge in [0.15, 0.2) is 5.43 Å². The molecule has 0 saturated carbocycles. The lowest BCUT2D eigenvalue weighted by atomic mass is 9.92. The first-order chi connectivity index (χ1) is 9.81. The van der Waals surface area contributed by atoms with Gasteiger partial charge < -0.3 is 9.88 Å². The van der Waals surface area contributed by atoms with Crippen LogP contribution in [0.1, 0.15) is 0 Å². The van der Waals surface area contributed by atoms with Crippen molar-refractivity contribution in [2.45, 2.75) is 0 Å². The van der Waals surface area contributed by atoms with Crippen molar-refractivity contribution in [3.8, 4) is 0 Å². The van der Waals surface area contributed by atoms with Gasteiger partial charge in [0, 0.05) is 48.3 Å². The Morgan fingerprint density at radius 3 is 2.55 bits per heavy atom. The van der Waals surface area contributed by atoms with E-state index in [1.54, 1.807) is 12.3 Å². The first-order valence-electron chi connectivity index (χ1n) is 7.03. The second-order valence-corrected chi connectivity index (χ2v) is 5.57. The van der Waals surface area contributed by atoms with E-state index in [4.69, 9.17) is 0 Å². The molecule has 3 nitrogen and oxygen atoms in total. The van der Waals surface area contributed by atoms with Gasteiger partial charge in [0.1, 0.15) is 0 Å². The zero-order chi connectivity index (χ0) is 13.5. The maximum Gasteiger partial charge on any atom is 0.189 e. The number of hydrogen-bond donors (Lipinski definition) is 1. The molecule has 1 saturated heterocycles. The van der Waals surface area contributed by atoms with Crippen LogP contribution in [0.15, 0.2) is 59.6 Å². The minimum absolute atomic E-state index is 0.0752. The topological polar surface area (TPSA) is 36.1 Å². The van der Waals surface area contributed by atoms with Crippen LogP contribution < -0.4 is 10.3 Å². The van der Waals surface area contributed by atoms with Gasteiger partial charge in [-0.1, -0.05) is 24.3 Å². The number of anilines is 1. The fourth-order valence-electron chi connectivity index (χ4n) is 3.25. The van der Waals surface area contributed by atoms with Crippen LogP contribution in [0.4, 0.5) is 5.69 Å². The van der Waals surface area contributed by atoms with Gasteiger partial charge in [-0.25, -0.2) is 0 Å². The molecular formula is C17H16N2O. The summed E-state index contributed by atoms with van der Waals surface area (Å²) in [6.07, 6.45) is 10.6. The molecule has 1 fully saturated rings. The Labute approximate surface area is 117 Å². The van der Waals surface area contributed by atoms with E-state index in [2.05, 4.69) is 46.3 Å². The van der Waals surface area contributed by atoms with Crippen LogP contribution in [-0.4, -0.2) is 18.1 Å². The van der Waals surface area contributed by atoms with Gasteiger partial charge >= 0.3 is 0 Å². The van der Waals surface area contributed by atoms with Crippen molar-refractivity contribution in [3.05, 3.63) is 65.0 Å². The molecule has 20 heavy (non-hydrogen) atoms. The van der Waals surface area contributed by atoms with E-state index in [0.717, 1.165) is 24.0 Å². The molecule has 2 aromatic rings. The summed E-state index contributed by atoms with van der Waals surface area (Å²) in [5, 5.41) is 0.757. The van der Waals surface area contributed by atoms with E-state index in [1.165, 1.54) is 5.69 Å². The molecule has 1 aromatic heterocycles. The molecule has 3 heteroatoms. The minimum Gasteiger partial charge on any atom is -0.370 e. The van der Waals surface area contributed by atoms with Crippen LogP contribution in [0.5, 0.6) is 0 Å².